The van der Waals surface area contributed by atoms with E-state index < -0.39 is 0 Å². The van der Waals surface area contributed by atoms with Crippen LogP contribution in [0.4, 0.5) is 22.7 Å². The van der Waals surface area contributed by atoms with Gasteiger partial charge in [0.2, 0.25) is 0 Å². The third kappa shape index (κ3) is 15.5. The molecule has 4 rings (SSSR count). The second kappa shape index (κ2) is 16.9. The van der Waals surface area contributed by atoms with Crippen LogP contribution in [0.1, 0.15) is 0 Å². The van der Waals surface area contributed by atoms with Crippen LogP contribution < -0.4 is 22.9 Å². The van der Waals surface area contributed by atoms with Gasteiger partial charge in [-0.15, -0.1) is 0 Å². The molecule has 0 aliphatic heterocycles. The number of hydrogen-bond acceptors (Lipinski definition) is 4. The Bertz CT molecular complexity index is 693. The van der Waals surface area contributed by atoms with Gasteiger partial charge in [0.25, 0.3) is 0 Å². The minimum absolute atomic E-state index is 0. The van der Waals surface area contributed by atoms with Crippen LogP contribution in [-0.4, -0.2) is 0 Å². The molecule has 4 nitrogen and oxygen atoms in total. The molecular formula is C24H28N4Pd. The van der Waals surface area contributed by atoms with E-state index in [2.05, 4.69) is 0 Å². The van der Waals surface area contributed by atoms with E-state index in [1.54, 1.807) is 0 Å². The summed E-state index contributed by atoms with van der Waals surface area (Å²) in [6, 6.07) is 37.9. The second-order valence-electron chi connectivity index (χ2n) is 5.64. The van der Waals surface area contributed by atoms with Crippen LogP contribution in [0.5, 0.6) is 0 Å². The van der Waals surface area contributed by atoms with E-state index in [-0.39, 0.29) is 20.4 Å². The maximum atomic E-state index is 5.36. The van der Waals surface area contributed by atoms with E-state index in [9.17, 15) is 0 Å². The van der Waals surface area contributed by atoms with E-state index in [4.69, 9.17) is 22.9 Å². The number of anilines is 4. The van der Waals surface area contributed by atoms with Crippen molar-refractivity contribution in [2.45, 2.75) is 0 Å². The predicted octanol–water partition coefficient (Wildman–Crippen LogP) is 5.07. The van der Waals surface area contributed by atoms with E-state index in [0.717, 1.165) is 22.7 Å². The fourth-order valence-electron chi connectivity index (χ4n) is 1.81. The first-order valence-electron chi connectivity index (χ1n) is 8.80. The molecule has 4 aromatic carbocycles. The molecule has 0 heterocycles. The summed E-state index contributed by atoms with van der Waals surface area (Å²) in [6.07, 6.45) is 0. The van der Waals surface area contributed by atoms with Crippen molar-refractivity contribution in [3.05, 3.63) is 121 Å². The molecule has 0 unspecified atom stereocenters. The van der Waals surface area contributed by atoms with Crippen molar-refractivity contribution in [3.8, 4) is 0 Å². The van der Waals surface area contributed by atoms with Crippen molar-refractivity contribution in [2.75, 3.05) is 22.9 Å². The van der Waals surface area contributed by atoms with Crippen LogP contribution in [0.2, 0.25) is 0 Å². The maximum absolute atomic E-state index is 5.36. The van der Waals surface area contributed by atoms with Gasteiger partial charge in [-0.1, -0.05) is 72.8 Å². The van der Waals surface area contributed by atoms with Gasteiger partial charge in [-0.3, -0.25) is 0 Å². The third-order valence-corrected chi connectivity index (χ3v) is 3.20. The molecule has 4 aromatic rings. The number of hydrogen-bond donors (Lipinski definition) is 4. The Morgan fingerprint density at radius 2 is 0.414 bits per heavy atom. The first-order chi connectivity index (χ1) is 13.6. The normalized spacial score (nSPS) is 8.28. The number of para-hydroxylation sites is 4. The van der Waals surface area contributed by atoms with Crippen LogP contribution in [0, 0.1) is 0 Å². The first kappa shape index (κ1) is 25.7. The summed E-state index contributed by atoms with van der Waals surface area (Å²) >= 11 is 0. The molecule has 0 amide bonds. The van der Waals surface area contributed by atoms with Crippen molar-refractivity contribution in [1.29, 1.82) is 0 Å². The summed E-state index contributed by atoms with van der Waals surface area (Å²) in [4.78, 5) is 0. The van der Waals surface area contributed by atoms with Crippen molar-refractivity contribution in [1.82, 2.24) is 0 Å². The zero-order valence-corrected chi connectivity index (χ0v) is 17.7. The number of nitrogen functional groups attached to an aromatic ring is 4. The fraction of sp³-hybridized carbons (Fsp3) is 0. The van der Waals surface area contributed by atoms with Crippen LogP contribution in [-0.2, 0) is 20.4 Å². The van der Waals surface area contributed by atoms with Crippen LogP contribution in [0.3, 0.4) is 0 Å². The number of rotatable bonds is 0. The molecule has 0 aliphatic rings. The van der Waals surface area contributed by atoms with E-state index in [1.165, 1.54) is 0 Å². The molecule has 0 fully saturated rings. The van der Waals surface area contributed by atoms with Gasteiger partial charge in [-0.05, 0) is 48.5 Å². The molecule has 0 radical (unpaired) electrons. The smallest absolute Gasteiger partial charge is 0.0313 e. The Hall–Kier alpha value is -3.26. The molecule has 154 valence electrons. The summed E-state index contributed by atoms with van der Waals surface area (Å²) in [6.45, 7) is 0. The Balaban J connectivity index is 0.000000356. The Morgan fingerprint density at radius 1 is 0.276 bits per heavy atom. The van der Waals surface area contributed by atoms with Gasteiger partial charge < -0.3 is 22.9 Å². The van der Waals surface area contributed by atoms with Gasteiger partial charge in [-0.2, -0.15) is 0 Å². The summed E-state index contributed by atoms with van der Waals surface area (Å²) in [5.74, 6) is 0. The minimum atomic E-state index is 0. The molecule has 29 heavy (non-hydrogen) atoms. The van der Waals surface area contributed by atoms with Gasteiger partial charge in [0.15, 0.2) is 0 Å². The van der Waals surface area contributed by atoms with Crippen molar-refractivity contribution >= 4 is 22.7 Å². The largest absolute Gasteiger partial charge is 0.399 e. The van der Waals surface area contributed by atoms with Crippen molar-refractivity contribution < 1.29 is 20.4 Å². The predicted molar refractivity (Wildman–Crippen MR) is 123 cm³/mol. The first-order valence-corrected chi connectivity index (χ1v) is 8.80. The van der Waals surface area contributed by atoms with Gasteiger partial charge in [-0.25, -0.2) is 0 Å². The monoisotopic (exact) mass is 478 g/mol. The van der Waals surface area contributed by atoms with Gasteiger partial charge >= 0.3 is 0 Å². The van der Waals surface area contributed by atoms with E-state index in [0.29, 0.717) is 0 Å². The Labute approximate surface area is 187 Å². The quantitative estimate of drug-likeness (QED) is 0.209. The van der Waals surface area contributed by atoms with Crippen molar-refractivity contribution in [2.24, 2.45) is 0 Å². The average molecular weight is 479 g/mol. The molecule has 0 bridgehead atoms. The fourth-order valence-corrected chi connectivity index (χ4v) is 1.81. The molecule has 0 aromatic heterocycles. The zero-order valence-electron chi connectivity index (χ0n) is 16.2. The van der Waals surface area contributed by atoms with E-state index >= 15 is 0 Å². The van der Waals surface area contributed by atoms with E-state index in [1.807, 2.05) is 121 Å². The zero-order chi connectivity index (χ0) is 20.5. The van der Waals surface area contributed by atoms with Gasteiger partial charge in [0.1, 0.15) is 0 Å². The number of benzene rings is 4. The summed E-state index contributed by atoms with van der Waals surface area (Å²) < 4.78 is 0. The molecule has 0 saturated carbocycles. The summed E-state index contributed by atoms with van der Waals surface area (Å²) in [5.41, 5.74) is 24.7. The maximum Gasteiger partial charge on any atom is 0.0313 e. The van der Waals surface area contributed by atoms with Gasteiger partial charge in [0.05, 0.1) is 0 Å². The molecule has 8 N–H and O–H groups in total. The molecule has 5 heteroatoms. The summed E-state index contributed by atoms with van der Waals surface area (Å²) in [5, 5.41) is 0. The molecule has 0 saturated heterocycles. The topological polar surface area (TPSA) is 104 Å². The molecular weight excluding hydrogens is 451 g/mol. The molecule has 0 spiro atoms. The third-order valence-electron chi connectivity index (χ3n) is 3.20. The molecule has 0 atom stereocenters. The summed E-state index contributed by atoms with van der Waals surface area (Å²) in [7, 11) is 0. The Morgan fingerprint density at radius 3 is 0.483 bits per heavy atom. The van der Waals surface area contributed by atoms with Gasteiger partial charge in [0, 0.05) is 43.2 Å². The standard InChI is InChI=1S/4C6H7N.Pd/c4*7-6-4-2-1-3-5-6;/h4*1-5H,7H2;. The Kier molecular flexibility index (Phi) is 15.0. The second-order valence-corrected chi connectivity index (χ2v) is 5.64. The van der Waals surface area contributed by atoms with Crippen LogP contribution in [0.25, 0.3) is 0 Å². The molecule has 0 aliphatic carbocycles. The van der Waals surface area contributed by atoms with Crippen LogP contribution in [0.15, 0.2) is 121 Å². The van der Waals surface area contributed by atoms with Crippen LogP contribution >= 0.6 is 0 Å². The average Bonchev–Trinajstić information content (AvgIpc) is 2.72. The number of nitrogens with two attached hydrogens (primary N) is 4. The van der Waals surface area contributed by atoms with Crippen molar-refractivity contribution in [3.63, 3.8) is 0 Å². The minimum Gasteiger partial charge on any atom is -0.399 e. The SMILES string of the molecule is Nc1ccccc1.Nc1ccccc1.Nc1ccccc1.Nc1ccccc1.[Pd].